The van der Waals surface area contributed by atoms with Crippen LogP contribution in [0.4, 0.5) is 0 Å². The molecule has 9 rings (SSSR count). The summed E-state index contributed by atoms with van der Waals surface area (Å²) in [5.41, 5.74) is 7.56. The van der Waals surface area contributed by atoms with Gasteiger partial charge in [0.15, 0.2) is 0 Å². The number of ether oxygens (including phenoxy) is 2. The van der Waals surface area contributed by atoms with Gasteiger partial charge in [0.1, 0.15) is 23.5 Å². The van der Waals surface area contributed by atoms with E-state index in [9.17, 15) is 0 Å². The lowest BCUT2D eigenvalue weighted by Crippen LogP contribution is -2.29. The maximum Gasteiger partial charge on any atom is 0.145 e. The molecule has 0 N–H and O–H groups in total. The molecular formula is C39H30O2S2. The smallest absolute Gasteiger partial charge is 0.145 e. The van der Waals surface area contributed by atoms with Crippen LogP contribution < -0.4 is 9.47 Å². The molecule has 3 aliphatic rings. The van der Waals surface area contributed by atoms with E-state index in [0.717, 1.165) is 24.5 Å². The first-order valence-corrected chi connectivity index (χ1v) is 17.2. The van der Waals surface area contributed by atoms with Crippen LogP contribution in [0.15, 0.2) is 121 Å². The molecule has 0 bridgehead atoms. The average molecular weight is 595 g/mol. The van der Waals surface area contributed by atoms with Crippen LogP contribution in [-0.4, -0.2) is 28.8 Å². The van der Waals surface area contributed by atoms with Gasteiger partial charge in [-0.05, 0) is 79.2 Å². The van der Waals surface area contributed by atoms with E-state index in [2.05, 4.69) is 121 Å². The van der Waals surface area contributed by atoms with E-state index < -0.39 is 5.41 Å². The summed E-state index contributed by atoms with van der Waals surface area (Å²) in [7, 11) is 0. The van der Waals surface area contributed by atoms with Crippen molar-refractivity contribution in [1.82, 2.24) is 0 Å². The van der Waals surface area contributed by atoms with E-state index >= 15 is 0 Å². The molecule has 2 nitrogen and oxygen atoms in total. The molecule has 3 atom stereocenters. The number of benzene rings is 6. The highest BCUT2D eigenvalue weighted by atomic mass is 32.2. The van der Waals surface area contributed by atoms with Gasteiger partial charge in [0.2, 0.25) is 0 Å². The molecule has 6 aromatic rings. The molecule has 0 amide bonds. The van der Waals surface area contributed by atoms with Crippen molar-refractivity contribution < 1.29 is 9.47 Å². The Kier molecular flexibility index (Phi) is 6.02. The van der Waals surface area contributed by atoms with Gasteiger partial charge < -0.3 is 9.47 Å². The van der Waals surface area contributed by atoms with Crippen LogP contribution in [-0.2, 0) is 5.41 Å². The summed E-state index contributed by atoms with van der Waals surface area (Å²) in [6.07, 6.45) is 1.12. The van der Waals surface area contributed by atoms with Crippen molar-refractivity contribution in [2.45, 2.75) is 22.5 Å². The van der Waals surface area contributed by atoms with Gasteiger partial charge in [-0.25, -0.2) is 0 Å². The molecule has 2 fully saturated rings. The molecular weight excluding hydrogens is 565 g/mol. The van der Waals surface area contributed by atoms with Gasteiger partial charge in [-0.2, -0.15) is 11.8 Å². The summed E-state index contributed by atoms with van der Waals surface area (Å²) < 4.78 is 12.5. The molecule has 6 aromatic carbocycles. The van der Waals surface area contributed by atoms with Gasteiger partial charge >= 0.3 is 0 Å². The molecule has 0 aromatic heterocycles. The topological polar surface area (TPSA) is 18.5 Å². The van der Waals surface area contributed by atoms with E-state index in [1.165, 1.54) is 66.4 Å². The standard InChI is InChI=1S/C39H30O2S2/c1-3-7-32-25(5-1)10-20-35-37(32)34-19-9-26-6-2-4-8-33(26)38(34)39(35,27-11-15-29(16-12-27)40-23-31-24-43-31)28-13-17-30(18-14-28)41-36-21-22-42-36/h1-20,31,36H,21-24H2. The lowest BCUT2D eigenvalue weighted by atomic mass is 9.66. The first kappa shape index (κ1) is 25.6. The second-order valence-electron chi connectivity index (χ2n) is 11.7. The Morgan fingerprint density at radius 2 is 1.28 bits per heavy atom. The maximum atomic E-state index is 6.29. The van der Waals surface area contributed by atoms with Crippen molar-refractivity contribution in [2.24, 2.45) is 0 Å². The Bertz CT molecular complexity index is 1990. The van der Waals surface area contributed by atoms with Gasteiger partial charge in [0.05, 0.1) is 5.41 Å². The van der Waals surface area contributed by atoms with Crippen LogP contribution in [0.5, 0.6) is 11.5 Å². The van der Waals surface area contributed by atoms with Crippen LogP contribution in [0.25, 0.3) is 32.7 Å². The van der Waals surface area contributed by atoms with Crippen LogP contribution in [0.3, 0.4) is 0 Å². The fourth-order valence-corrected chi connectivity index (χ4v) is 8.06. The van der Waals surface area contributed by atoms with E-state index in [1.54, 1.807) is 0 Å². The fourth-order valence-electron chi connectivity index (χ4n) is 7.06. The predicted molar refractivity (Wildman–Crippen MR) is 182 cm³/mol. The van der Waals surface area contributed by atoms with Gasteiger partial charge in [0.25, 0.3) is 0 Å². The van der Waals surface area contributed by atoms with E-state index in [1.807, 2.05) is 23.5 Å². The highest BCUT2D eigenvalue weighted by Crippen LogP contribution is 2.59. The largest absolute Gasteiger partial charge is 0.492 e. The molecule has 2 aliphatic heterocycles. The lowest BCUT2D eigenvalue weighted by molar-refractivity contribution is 0.271. The van der Waals surface area contributed by atoms with Crippen molar-refractivity contribution in [3.05, 3.63) is 144 Å². The Labute approximate surface area is 260 Å². The predicted octanol–water partition coefficient (Wildman–Crippen LogP) is 9.69. The minimum absolute atomic E-state index is 0.268. The molecule has 0 radical (unpaired) electrons. The third-order valence-corrected chi connectivity index (χ3v) is 11.4. The number of rotatable bonds is 7. The third kappa shape index (κ3) is 4.11. The van der Waals surface area contributed by atoms with Gasteiger partial charge in [-0.15, -0.1) is 11.8 Å². The summed E-state index contributed by atoms with van der Waals surface area (Å²) in [6, 6.07) is 44.8. The Morgan fingerprint density at radius 3 is 1.95 bits per heavy atom. The maximum absolute atomic E-state index is 6.29. The Morgan fingerprint density at radius 1 is 0.651 bits per heavy atom. The first-order chi connectivity index (χ1) is 21.3. The molecule has 210 valence electrons. The number of thioether (sulfide) groups is 2. The zero-order valence-electron chi connectivity index (χ0n) is 23.7. The van der Waals surface area contributed by atoms with Gasteiger partial charge in [0, 0.05) is 23.2 Å². The minimum atomic E-state index is -0.510. The lowest BCUT2D eigenvalue weighted by Gasteiger charge is -2.35. The van der Waals surface area contributed by atoms with Crippen LogP contribution >= 0.6 is 23.5 Å². The molecule has 43 heavy (non-hydrogen) atoms. The van der Waals surface area contributed by atoms with Crippen LogP contribution in [0.2, 0.25) is 0 Å². The highest BCUT2D eigenvalue weighted by Gasteiger charge is 2.47. The van der Waals surface area contributed by atoms with Gasteiger partial charge in [-0.1, -0.05) is 97.1 Å². The van der Waals surface area contributed by atoms with E-state index in [0.29, 0.717) is 5.25 Å². The molecule has 2 saturated heterocycles. The first-order valence-electron chi connectivity index (χ1n) is 15.1. The van der Waals surface area contributed by atoms with Crippen molar-refractivity contribution >= 4 is 45.1 Å². The van der Waals surface area contributed by atoms with Crippen molar-refractivity contribution in [1.29, 1.82) is 0 Å². The van der Waals surface area contributed by atoms with E-state index in [4.69, 9.17) is 9.47 Å². The van der Waals surface area contributed by atoms with Crippen LogP contribution in [0, 0.1) is 0 Å². The second kappa shape index (κ2) is 10.1. The molecule has 1 aliphatic carbocycles. The molecule has 2 heterocycles. The second-order valence-corrected chi connectivity index (χ2v) is 14.3. The quantitative estimate of drug-likeness (QED) is 0.171. The zero-order valence-corrected chi connectivity index (χ0v) is 25.3. The molecule has 0 saturated carbocycles. The SMILES string of the molecule is c1ccc2c3c(ccc2c1)C(c1ccc(OCC2CS2)cc1)(c1ccc(OC2CCS2)cc1)c1c-3ccc2ccccc12. The Hall–Kier alpha value is -3.86. The number of fused-ring (bicyclic) bond motifs is 7. The summed E-state index contributed by atoms with van der Waals surface area (Å²) in [5, 5.41) is 5.74. The van der Waals surface area contributed by atoms with E-state index in [-0.39, 0.29) is 5.44 Å². The highest BCUT2D eigenvalue weighted by molar-refractivity contribution is 8.06. The molecule has 3 unspecified atom stereocenters. The normalized spacial score (nSPS) is 21.7. The molecule has 0 spiro atoms. The summed E-state index contributed by atoms with van der Waals surface area (Å²) in [5.74, 6) is 4.25. The monoisotopic (exact) mass is 594 g/mol. The summed E-state index contributed by atoms with van der Waals surface area (Å²) in [4.78, 5) is 0. The average Bonchev–Trinajstić information content (AvgIpc) is 3.82. The van der Waals surface area contributed by atoms with Crippen molar-refractivity contribution in [2.75, 3.05) is 18.1 Å². The van der Waals surface area contributed by atoms with Crippen LogP contribution in [0.1, 0.15) is 28.7 Å². The number of hydrogen-bond acceptors (Lipinski definition) is 4. The minimum Gasteiger partial charge on any atom is -0.492 e. The van der Waals surface area contributed by atoms with Crippen molar-refractivity contribution in [3.63, 3.8) is 0 Å². The summed E-state index contributed by atoms with van der Waals surface area (Å²) >= 11 is 3.85. The Balaban J connectivity index is 1.33. The van der Waals surface area contributed by atoms with Crippen molar-refractivity contribution in [3.8, 4) is 22.6 Å². The number of hydrogen-bond donors (Lipinski definition) is 0. The molecule has 4 heteroatoms. The fraction of sp³-hybridized carbons (Fsp3) is 0.179. The third-order valence-electron chi connectivity index (χ3n) is 9.24. The zero-order chi connectivity index (χ0) is 28.4. The van der Waals surface area contributed by atoms with Gasteiger partial charge in [-0.3, -0.25) is 0 Å². The summed E-state index contributed by atoms with van der Waals surface area (Å²) in [6.45, 7) is 0.776.